The third-order valence-corrected chi connectivity index (χ3v) is 3.48. The molecule has 5 N–H and O–H groups in total. The number of fused-ring (bicyclic) bond motifs is 1. The van der Waals surface area contributed by atoms with E-state index < -0.39 is 0 Å². The molecule has 2 heterocycles. The summed E-state index contributed by atoms with van der Waals surface area (Å²) in [6, 6.07) is 5.73. The summed E-state index contributed by atoms with van der Waals surface area (Å²) >= 11 is 3.33. The van der Waals surface area contributed by atoms with Gasteiger partial charge in [-0.2, -0.15) is 0 Å². The molecule has 7 heteroatoms. The number of nitrogens with two attached hydrogens (primary N) is 1. The molecule has 0 aliphatic carbocycles. The fraction of sp³-hybridized carbons (Fsp3) is 0.167. The topological polar surface area (TPSA) is 103 Å². The van der Waals surface area contributed by atoms with Crippen molar-refractivity contribution in [3.63, 3.8) is 0 Å². The van der Waals surface area contributed by atoms with Crippen LogP contribution in [0, 0.1) is 0 Å². The van der Waals surface area contributed by atoms with E-state index in [1.165, 1.54) is 0 Å². The van der Waals surface area contributed by atoms with Gasteiger partial charge in [0.2, 0.25) is 0 Å². The Morgan fingerprint density at radius 2 is 2.05 bits per heavy atom. The third-order valence-electron chi connectivity index (χ3n) is 3.07. The van der Waals surface area contributed by atoms with Crippen LogP contribution < -0.4 is 11.4 Å². The Kier molecular flexibility index (Phi) is 3.00. The number of hydrogen-bond acceptors (Lipinski definition) is 3. The van der Waals surface area contributed by atoms with Gasteiger partial charge in [-0.15, -0.1) is 0 Å². The average Bonchev–Trinajstić information content (AvgIpc) is 2.95. The SMILES string of the molecule is NCC(c1ccc2[nH]c(=O)[nH]c2c1)c1ncc(Br)[nH]1. The van der Waals surface area contributed by atoms with Crippen LogP contribution in [0.3, 0.4) is 0 Å². The Hall–Kier alpha value is -1.86. The van der Waals surface area contributed by atoms with Gasteiger partial charge in [0.15, 0.2) is 0 Å². The molecule has 0 saturated heterocycles. The summed E-state index contributed by atoms with van der Waals surface area (Å²) < 4.78 is 0.817. The van der Waals surface area contributed by atoms with E-state index in [4.69, 9.17) is 5.73 Å². The number of benzene rings is 1. The van der Waals surface area contributed by atoms with E-state index in [0.29, 0.717) is 6.54 Å². The number of hydrogen-bond donors (Lipinski definition) is 4. The summed E-state index contributed by atoms with van der Waals surface area (Å²) in [4.78, 5) is 24.1. The zero-order chi connectivity index (χ0) is 13.4. The van der Waals surface area contributed by atoms with Crippen molar-refractivity contribution < 1.29 is 0 Å². The smallest absolute Gasteiger partial charge is 0.323 e. The largest absolute Gasteiger partial charge is 0.336 e. The van der Waals surface area contributed by atoms with Gasteiger partial charge >= 0.3 is 5.69 Å². The number of halogens is 1. The zero-order valence-corrected chi connectivity index (χ0v) is 11.5. The van der Waals surface area contributed by atoms with E-state index >= 15 is 0 Å². The van der Waals surface area contributed by atoms with Crippen LogP contribution in [0.1, 0.15) is 17.3 Å². The van der Waals surface area contributed by atoms with Crippen LogP contribution in [0.2, 0.25) is 0 Å². The van der Waals surface area contributed by atoms with Crippen LogP contribution in [0.4, 0.5) is 0 Å². The van der Waals surface area contributed by atoms with Gasteiger partial charge in [0.25, 0.3) is 0 Å². The highest BCUT2D eigenvalue weighted by Gasteiger charge is 2.16. The first kappa shape index (κ1) is 12.2. The number of aromatic nitrogens is 4. The molecule has 1 aromatic carbocycles. The van der Waals surface area contributed by atoms with Crippen LogP contribution in [-0.4, -0.2) is 26.5 Å². The minimum absolute atomic E-state index is 0.0332. The molecular formula is C12H12BrN5O. The highest BCUT2D eigenvalue weighted by Crippen LogP contribution is 2.24. The monoisotopic (exact) mass is 321 g/mol. The second-order valence-electron chi connectivity index (χ2n) is 4.29. The molecule has 1 atom stereocenters. The van der Waals surface area contributed by atoms with E-state index in [1.54, 1.807) is 6.20 Å². The normalized spacial score (nSPS) is 12.9. The van der Waals surface area contributed by atoms with Crippen LogP contribution in [0.15, 0.2) is 33.8 Å². The van der Waals surface area contributed by atoms with E-state index in [0.717, 1.165) is 27.0 Å². The highest BCUT2D eigenvalue weighted by molar-refractivity contribution is 9.10. The average molecular weight is 322 g/mol. The van der Waals surface area contributed by atoms with Crippen LogP contribution in [0.5, 0.6) is 0 Å². The molecule has 3 rings (SSSR count). The Labute approximate surface area is 116 Å². The van der Waals surface area contributed by atoms with Crippen molar-refractivity contribution in [1.82, 2.24) is 19.9 Å². The number of rotatable bonds is 3. The lowest BCUT2D eigenvalue weighted by Crippen LogP contribution is -2.15. The number of imidazole rings is 2. The van der Waals surface area contributed by atoms with E-state index in [-0.39, 0.29) is 11.6 Å². The fourth-order valence-electron chi connectivity index (χ4n) is 2.16. The molecule has 19 heavy (non-hydrogen) atoms. The summed E-state index contributed by atoms with van der Waals surface area (Å²) in [6.07, 6.45) is 1.70. The molecule has 0 saturated carbocycles. The first-order chi connectivity index (χ1) is 9.17. The quantitative estimate of drug-likeness (QED) is 0.586. The van der Waals surface area contributed by atoms with Crippen LogP contribution >= 0.6 is 15.9 Å². The second-order valence-corrected chi connectivity index (χ2v) is 5.14. The fourth-order valence-corrected chi connectivity index (χ4v) is 2.47. The molecule has 0 spiro atoms. The maximum atomic E-state index is 11.3. The third kappa shape index (κ3) is 2.22. The second kappa shape index (κ2) is 4.67. The molecule has 0 amide bonds. The first-order valence-electron chi connectivity index (χ1n) is 5.80. The van der Waals surface area contributed by atoms with Crippen molar-refractivity contribution in [2.24, 2.45) is 5.73 Å². The van der Waals surface area contributed by atoms with Crippen LogP contribution in [-0.2, 0) is 0 Å². The van der Waals surface area contributed by atoms with Gasteiger partial charge in [-0.1, -0.05) is 6.07 Å². The molecule has 3 aromatic rings. The predicted octanol–water partition coefficient (Wildman–Crippen LogP) is 1.43. The molecule has 0 aliphatic heterocycles. The van der Waals surface area contributed by atoms with Crippen molar-refractivity contribution in [2.75, 3.05) is 6.54 Å². The lowest BCUT2D eigenvalue weighted by atomic mass is 9.98. The Bertz CT molecular complexity index is 772. The summed E-state index contributed by atoms with van der Waals surface area (Å²) in [6.45, 7) is 0.431. The van der Waals surface area contributed by atoms with E-state index in [1.807, 2.05) is 18.2 Å². The number of nitrogens with one attached hydrogen (secondary N) is 3. The van der Waals surface area contributed by atoms with E-state index in [2.05, 4.69) is 35.9 Å². The Morgan fingerprint density at radius 1 is 1.26 bits per heavy atom. The Balaban J connectivity index is 2.07. The molecule has 0 fully saturated rings. The van der Waals surface area contributed by atoms with Gasteiger partial charge in [-0.05, 0) is 33.6 Å². The van der Waals surface area contributed by atoms with Gasteiger partial charge in [-0.3, -0.25) is 0 Å². The number of nitrogens with zero attached hydrogens (tertiary/aromatic N) is 1. The van der Waals surface area contributed by atoms with Gasteiger partial charge in [0, 0.05) is 6.54 Å². The van der Waals surface area contributed by atoms with Crippen molar-refractivity contribution >= 4 is 27.0 Å². The molecule has 98 valence electrons. The van der Waals surface area contributed by atoms with Gasteiger partial charge in [0.1, 0.15) is 10.4 Å². The highest BCUT2D eigenvalue weighted by atomic mass is 79.9. The molecule has 0 bridgehead atoms. The maximum Gasteiger partial charge on any atom is 0.323 e. The van der Waals surface area contributed by atoms with Gasteiger partial charge in [0.05, 0.1) is 23.1 Å². The first-order valence-corrected chi connectivity index (χ1v) is 6.59. The van der Waals surface area contributed by atoms with Gasteiger partial charge < -0.3 is 20.7 Å². The van der Waals surface area contributed by atoms with Crippen molar-refractivity contribution in [3.05, 3.63) is 50.9 Å². The molecule has 1 unspecified atom stereocenters. The standard InChI is InChI=1S/C12H12BrN5O/c13-10-5-15-11(18-10)7(4-14)6-1-2-8-9(3-6)17-12(19)16-8/h1-3,5,7H,4,14H2,(H,15,18)(H2,16,17,19). The molecular weight excluding hydrogens is 310 g/mol. The summed E-state index contributed by atoms with van der Waals surface area (Å²) in [7, 11) is 0. The molecule has 2 aromatic heterocycles. The van der Waals surface area contributed by atoms with Crippen molar-refractivity contribution in [1.29, 1.82) is 0 Å². The molecule has 0 radical (unpaired) electrons. The Morgan fingerprint density at radius 3 is 2.74 bits per heavy atom. The van der Waals surface area contributed by atoms with Crippen molar-refractivity contribution in [2.45, 2.75) is 5.92 Å². The predicted molar refractivity (Wildman–Crippen MR) is 76.1 cm³/mol. The summed E-state index contributed by atoms with van der Waals surface area (Å²) in [5.74, 6) is 0.765. The number of aromatic amines is 3. The molecule has 6 nitrogen and oxygen atoms in total. The minimum Gasteiger partial charge on any atom is -0.336 e. The summed E-state index contributed by atoms with van der Waals surface area (Å²) in [5.41, 5.74) is 8.19. The minimum atomic E-state index is -0.211. The lowest BCUT2D eigenvalue weighted by Gasteiger charge is -2.12. The maximum absolute atomic E-state index is 11.3. The summed E-state index contributed by atoms with van der Waals surface area (Å²) in [5, 5.41) is 0. The lowest BCUT2D eigenvalue weighted by molar-refractivity contribution is 0.765. The zero-order valence-electron chi connectivity index (χ0n) is 9.90. The van der Waals surface area contributed by atoms with E-state index in [9.17, 15) is 4.79 Å². The number of H-pyrrole nitrogens is 3. The van der Waals surface area contributed by atoms with Crippen LogP contribution in [0.25, 0.3) is 11.0 Å². The van der Waals surface area contributed by atoms with Crippen molar-refractivity contribution in [3.8, 4) is 0 Å². The van der Waals surface area contributed by atoms with Gasteiger partial charge in [-0.25, -0.2) is 9.78 Å². The molecule has 0 aliphatic rings.